The molecule has 0 saturated heterocycles. The molecule has 0 radical (unpaired) electrons. The molecule has 1 aliphatic heterocycles. The molecule has 0 bridgehead atoms. The molecular weight excluding hydrogens is 434 g/mol. The fourth-order valence-corrected chi connectivity index (χ4v) is 4.60. The molecule has 2 N–H and O–H groups in total. The smallest absolute Gasteiger partial charge is 0.135 e. The average molecular weight is 454 g/mol. The summed E-state index contributed by atoms with van der Waals surface area (Å²) in [5.74, 6) is 0.582. The Hall–Kier alpha value is -2.44. The lowest BCUT2D eigenvalue weighted by Crippen LogP contribution is -2.28. The molecule has 0 unspecified atom stereocenters. The molecule has 1 aliphatic rings. The van der Waals surface area contributed by atoms with Crippen molar-refractivity contribution in [1.29, 1.82) is 5.41 Å². The lowest BCUT2D eigenvalue weighted by atomic mass is 10.1. The van der Waals surface area contributed by atoms with E-state index in [1.165, 1.54) is 16.9 Å². The van der Waals surface area contributed by atoms with E-state index < -0.39 is 0 Å². The first-order valence-electron chi connectivity index (χ1n) is 9.06. The minimum atomic E-state index is 0.231. The summed E-state index contributed by atoms with van der Waals surface area (Å²) < 4.78 is 1.02. The number of aliphatic hydroxyl groups is 1. The largest absolute Gasteiger partial charge is 0.510 e. The number of amidine groups is 1. The van der Waals surface area contributed by atoms with Crippen molar-refractivity contribution in [3.63, 3.8) is 0 Å². The summed E-state index contributed by atoms with van der Waals surface area (Å²) in [6.45, 7) is 3.09. The number of halogens is 1. The standard InChI is InChI=1S/C22H20BrN3OS/c1-14-20(16-7-9-17(23)10-8-16)25-22(28-14)19-18(27)13-26(21(19)24)12-11-15-5-3-2-4-6-15/h2-10,24,27H,11-13H2,1H3. The zero-order valence-electron chi connectivity index (χ0n) is 15.4. The third-order valence-electron chi connectivity index (χ3n) is 4.82. The van der Waals surface area contributed by atoms with Crippen molar-refractivity contribution in [2.24, 2.45) is 0 Å². The summed E-state index contributed by atoms with van der Waals surface area (Å²) in [6.07, 6.45) is 0.838. The second kappa shape index (κ2) is 7.89. The highest BCUT2D eigenvalue weighted by molar-refractivity contribution is 9.10. The molecule has 142 valence electrons. The molecule has 0 saturated carbocycles. The molecule has 4 rings (SSSR count). The first kappa shape index (κ1) is 18.9. The second-order valence-corrected chi connectivity index (χ2v) is 8.88. The van der Waals surface area contributed by atoms with Crippen molar-refractivity contribution in [3.8, 4) is 11.3 Å². The number of aromatic nitrogens is 1. The van der Waals surface area contributed by atoms with Crippen molar-refractivity contribution in [2.45, 2.75) is 13.3 Å². The van der Waals surface area contributed by atoms with Crippen LogP contribution < -0.4 is 0 Å². The summed E-state index contributed by atoms with van der Waals surface area (Å²) in [5.41, 5.74) is 3.73. The molecule has 0 spiro atoms. The minimum Gasteiger partial charge on any atom is -0.510 e. The third kappa shape index (κ3) is 3.75. The predicted octanol–water partition coefficient (Wildman–Crippen LogP) is 5.69. The van der Waals surface area contributed by atoms with E-state index in [4.69, 9.17) is 10.4 Å². The Kier molecular flexibility index (Phi) is 5.33. The Morgan fingerprint density at radius 3 is 2.57 bits per heavy atom. The summed E-state index contributed by atoms with van der Waals surface area (Å²) >= 11 is 4.98. The van der Waals surface area contributed by atoms with Crippen molar-refractivity contribution in [2.75, 3.05) is 13.1 Å². The topological polar surface area (TPSA) is 60.2 Å². The van der Waals surface area contributed by atoms with Crippen LogP contribution in [0.5, 0.6) is 0 Å². The van der Waals surface area contributed by atoms with Crippen LogP contribution in [0.15, 0.2) is 64.8 Å². The van der Waals surface area contributed by atoms with Crippen LogP contribution in [0.2, 0.25) is 0 Å². The Labute approximate surface area is 176 Å². The van der Waals surface area contributed by atoms with E-state index in [-0.39, 0.29) is 5.76 Å². The predicted molar refractivity (Wildman–Crippen MR) is 119 cm³/mol. The Morgan fingerprint density at radius 2 is 1.86 bits per heavy atom. The highest BCUT2D eigenvalue weighted by atomic mass is 79.9. The molecule has 3 aromatic rings. The maximum Gasteiger partial charge on any atom is 0.135 e. The van der Waals surface area contributed by atoms with Crippen LogP contribution in [0.4, 0.5) is 0 Å². The van der Waals surface area contributed by atoms with E-state index in [0.29, 0.717) is 29.5 Å². The van der Waals surface area contributed by atoms with Gasteiger partial charge < -0.3 is 10.0 Å². The molecule has 4 nitrogen and oxygen atoms in total. The van der Waals surface area contributed by atoms with Gasteiger partial charge in [-0.3, -0.25) is 5.41 Å². The number of nitrogens with one attached hydrogen (secondary N) is 1. The van der Waals surface area contributed by atoms with Crippen molar-refractivity contribution in [1.82, 2.24) is 9.88 Å². The van der Waals surface area contributed by atoms with Crippen molar-refractivity contribution >= 4 is 38.7 Å². The van der Waals surface area contributed by atoms with Gasteiger partial charge in [0.1, 0.15) is 16.6 Å². The quantitative estimate of drug-likeness (QED) is 0.521. The summed E-state index contributed by atoms with van der Waals surface area (Å²) in [5, 5.41) is 19.8. The SMILES string of the molecule is Cc1sc(C2=C(O)CN(CCc3ccccc3)C2=N)nc1-c1ccc(Br)cc1. The van der Waals surface area contributed by atoms with Gasteiger partial charge in [0.15, 0.2) is 0 Å². The van der Waals surface area contributed by atoms with Crippen LogP contribution in [0.1, 0.15) is 15.4 Å². The van der Waals surface area contributed by atoms with E-state index in [1.54, 1.807) is 0 Å². The van der Waals surface area contributed by atoms with E-state index >= 15 is 0 Å². The summed E-state index contributed by atoms with van der Waals surface area (Å²) in [6, 6.07) is 18.3. The number of rotatable bonds is 5. The van der Waals surface area contributed by atoms with Gasteiger partial charge in [0.2, 0.25) is 0 Å². The lowest BCUT2D eigenvalue weighted by molar-refractivity contribution is 0.351. The van der Waals surface area contributed by atoms with Gasteiger partial charge in [-0.25, -0.2) is 4.98 Å². The van der Waals surface area contributed by atoms with Gasteiger partial charge in [-0.2, -0.15) is 0 Å². The van der Waals surface area contributed by atoms with E-state index in [1.807, 2.05) is 54.3 Å². The van der Waals surface area contributed by atoms with Crippen LogP contribution in [0.25, 0.3) is 16.8 Å². The molecule has 0 aliphatic carbocycles. The van der Waals surface area contributed by atoms with Gasteiger partial charge in [-0.1, -0.05) is 58.4 Å². The highest BCUT2D eigenvalue weighted by Crippen LogP contribution is 2.35. The van der Waals surface area contributed by atoms with Gasteiger partial charge >= 0.3 is 0 Å². The van der Waals surface area contributed by atoms with Crippen LogP contribution in [-0.4, -0.2) is 33.9 Å². The number of hydrogen-bond acceptors (Lipinski definition) is 4. The van der Waals surface area contributed by atoms with Crippen LogP contribution in [0.3, 0.4) is 0 Å². The summed E-state index contributed by atoms with van der Waals surface area (Å²) in [4.78, 5) is 7.75. The molecule has 0 atom stereocenters. The molecule has 2 heterocycles. The molecule has 2 aromatic carbocycles. The molecule has 0 amide bonds. The fourth-order valence-electron chi connectivity index (χ4n) is 3.34. The third-order valence-corrected chi connectivity index (χ3v) is 6.34. The van der Waals surface area contributed by atoms with Gasteiger partial charge in [0.05, 0.1) is 17.8 Å². The number of benzene rings is 2. The van der Waals surface area contributed by atoms with Crippen LogP contribution >= 0.6 is 27.3 Å². The van der Waals surface area contributed by atoms with Crippen LogP contribution in [-0.2, 0) is 6.42 Å². The first-order valence-corrected chi connectivity index (χ1v) is 10.7. The number of hydrogen-bond donors (Lipinski definition) is 2. The molecular formula is C22H20BrN3OS. The minimum absolute atomic E-state index is 0.231. The second-order valence-electron chi connectivity index (χ2n) is 6.76. The normalized spacial score (nSPS) is 14.2. The Balaban J connectivity index is 1.54. The number of aryl methyl sites for hydroxylation is 1. The van der Waals surface area contributed by atoms with Gasteiger partial charge in [0.25, 0.3) is 0 Å². The van der Waals surface area contributed by atoms with E-state index in [0.717, 1.165) is 27.0 Å². The molecule has 0 fully saturated rings. The molecule has 28 heavy (non-hydrogen) atoms. The highest BCUT2D eigenvalue weighted by Gasteiger charge is 2.30. The number of aliphatic hydroxyl groups excluding tert-OH is 1. The van der Waals surface area contributed by atoms with Crippen molar-refractivity contribution < 1.29 is 5.11 Å². The summed E-state index contributed by atoms with van der Waals surface area (Å²) in [7, 11) is 0. The molecule has 6 heteroatoms. The first-order chi connectivity index (χ1) is 13.5. The maximum absolute atomic E-state index is 10.5. The monoisotopic (exact) mass is 453 g/mol. The van der Waals surface area contributed by atoms with E-state index in [2.05, 4.69) is 28.1 Å². The Morgan fingerprint density at radius 1 is 1.14 bits per heavy atom. The van der Waals surface area contributed by atoms with Gasteiger partial charge in [-0.15, -0.1) is 11.3 Å². The Bertz CT molecular complexity index is 1040. The average Bonchev–Trinajstić information content (AvgIpc) is 3.20. The molecule has 1 aromatic heterocycles. The zero-order valence-corrected chi connectivity index (χ0v) is 17.8. The van der Waals surface area contributed by atoms with E-state index in [9.17, 15) is 5.11 Å². The lowest BCUT2D eigenvalue weighted by Gasteiger charge is -2.18. The van der Waals surface area contributed by atoms with Gasteiger partial charge in [0, 0.05) is 21.5 Å². The van der Waals surface area contributed by atoms with Gasteiger partial charge in [-0.05, 0) is 31.0 Å². The maximum atomic E-state index is 10.5. The fraction of sp³-hybridized carbons (Fsp3) is 0.182. The van der Waals surface area contributed by atoms with Crippen molar-refractivity contribution in [3.05, 3.63) is 80.3 Å². The van der Waals surface area contributed by atoms with Crippen LogP contribution in [0, 0.1) is 12.3 Å². The zero-order chi connectivity index (χ0) is 19.7. The number of nitrogens with zero attached hydrogens (tertiary/aromatic N) is 2. The number of thiazole rings is 1.